The third-order valence-corrected chi connectivity index (χ3v) is 6.81. The molecule has 2 heterocycles. The number of carbonyl (C=O) groups excluding carboxylic acids is 2. The second-order valence-electron chi connectivity index (χ2n) is 9.88. The number of nitrogens with one attached hydrogen (secondary N) is 1. The lowest BCUT2D eigenvalue weighted by Crippen LogP contribution is -2.38. The highest BCUT2D eigenvalue weighted by atomic mass is 35.5. The van der Waals surface area contributed by atoms with Crippen LogP contribution in [0.25, 0.3) is 11.1 Å². The van der Waals surface area contributed by atoms with E-state index in [2.05, 4.69) is 10.3 Å². The smallest absolute Gasteiger partial charge is 0.325 e. The highest BCUT2D eigenvalue weighted by Crippen LogP contribution is 2.34. The van der Waals surface area contributed by atoms with Gasteiger partial charge in [-0.05, 0) is 42.7 Å². The lowest BCUT2D eigenvalue weighted by atomic mass is 10.0. The lowest BCUT2D eigenvalue weighted by Gasteiger charge is -2.22. The first-order chi connectivity index (χ1) is 20.3. The van der Waals surface area contributed by atoms with Crippen molar-refractivity contribution < 1.29 is 27.8 Å². The highest BCUT2D eigenvalue weighted by molar-refractivity contribution is 6.34. The summed E-state index contributed by atoms with van der Waals surface area (Å²) in [6, 6.07) is 9.19. The molecule has 13 heteroatoms. The number of nitrogen functional groups attached to an aromatic ring is 1. The Morgan fingerprint density at radius 2 is 1.72 bits per heavy atom. The second kappa shape index (κ2) is 13.0. The highest BCUT2D eigenvalue weighted by Gasteiger charge is 2.24. The van der Waals surface area contributed by atoms with Gasteiger partial charge in [-0.15, -0.1) is 0 Å². The number of halogens is 3. The van der Waals surface area contributed by atoms with Crippen LogP contribution in [0.5, 0.6) is 11.5 Å². The second-order valence-corrected chi connectivity index (χ2v) is 10.3. The average Bonchev–Trinajstić information content (AvgIpc) is 2.96. The van der Waals surface area contributed by atoms with Gasteiger partial charge >= 0.3 is 5.97 Å². The standard InChI is InChI=1S/C30H28ClF2N5O5/c1-15(2)26(34)30(41)42-16(3)38-13-20(17-4-6-18(32)7-5-17)27(39)21(14-38)29(40)37-19-8-9-23(22(33)12-19)43-24-10-11-36-28(35)25(24)31/h4-16,26H,34H2,1-3H3,(H2,35,36)(H,37,40)/t16?,26-/m0/s1. The molecule has 4 rings (SSSR count). The molecule has 43 heavy (non-hydrogen) atoms. The zero-order valence-corrected chi connectivity index (χ0v) is 24.1. The van der Waals surface area contributed by atoms with Crippen LogP contribution in [0.15, 0.2) is 71.9 Å². The van der Waals surface area contributed by atoms with Gasteiger partial charge in [0, 0.05) is 42.0 Å². The first-order valence-corrected chi connectivity index (χ1v) is 13.4. The monoisotopic (exact) mass is 611 g/mol. The van der Waals surface area contributed by atoms with Crippen molar-refractivity contribution in [3.63, 3.8) is 0 Å². The van der Waals surface area contributed by atoms with E-state index in [1.807, 2.05) is 0 Å². The molecule has 0 aliphatic rings. The molecule has 224 valence electrons. The fraction of sp³-hybridized carbons (Fsp3) is 0.200. The van der Waals surface area contributed by atoms with Crippen LogP contribution in [-0.4, -0.2) is 27.5 Å². The molecule has 4 aromatic rings. The summed E-state index contributed by atoms with van der Waals surface area (Å²) in [5.41, 5.74) is 10.9. The molecule has 10 nitrogen and oxygen atoms in total. The van der Waals surface area contributed by atoms with Gasteiger partial charge in [-0.1, -0.05) is 37.6 Å². The Hall–Kier alpha value is -4.81. The van der Waals surface area contributed by atoms with Gasteiger partial charge in [-0.3, -0.25) is 14.4 Å². The number of nitrogens with two attached hydrogens (primary N) is 2. The van der Waals surface area contributed by atoms with Crippen LogP contribution in [0.4, 0.5) is 20.3 Å². The summed E-state index contributed by atoms with van der Waals surface area (Å²) in [5, 5.41) is 2.49. The van der Waals surface area contributed by atoms with Crippen molar-refractivity contribution in [2.75, 3.05) is 11.1 Å². The van der Waals surface area contributed by atoms with Crippen LogP contribution in [0.1, 0.15) is 37.4 Å². The minimum absolute atomic E-state index is 0.00249. The van der Waals surface area contributed by atoms with Crippen molar-refractivity contribution in [1.29, 1.82) is 0 Å². The van der Waals surface area contributed by atoms with Crippen LogP contribution in [0.2, 0.25) is 5.02 Å². The Morgan fingerprint density at radius 3 is 2.37 bits per heavy atom. The molecule has 2 atom stereocenters. The zero-order valence-electron chi connectivity index (χ0n) is 23.3. The van der Waals surface area contributed by atoms with E-state index in [1.165, 1.54) is 60.4 Å². The molecular formula is C30H28ClF2N5O5. The van der Waals surface area contributed by atoms with Gasteiger partial charge in [0.1, 0.15) is 28.3 Å². The van der Waals surface area contributed by atoms with Crippen molar-refractivity contribution in [3.8, 4) is 22.6 Å². The molecular weight excluding hydrogens is 584 g/mol. The maximum Gasteiger partial charge on any atom is 0.325 e. The number of hydrogen-bond donors (Lipinski definition) is 3. The third-order valence-electron chi connectivity index (χ3n) is 6.43. The molecule has 5 N–H and O–H groups in total. The summed E-state index contributed by atoms with van der Waals surface area (Å²) in [7, 11) is 0. The molecule has 1 unspecified atom stereocenters. The largest absolute Gasteiger partial charge is 0.453 e. The quantitative estimate of drug-likeness (QED) is 0.209. The van der Waals surface area contributed by atoms with E-state index in [-0.39, 0.29) is 45.1 Å². The minimum Gasteiger partial charge on any atom is -0.453 e. The molecule has 0 spiro atoms. The number of hydrogen-bond acceptors (Lipinski definition) is 8. The maximum absolute atomic E-state index is 14.9. The fourth-order valence-corrected chi connectivity index (χ4v) is 4.03. The van der Waals surface area contributed by atoms with Crippen molar-refractivity contribution in [2.24, 2.45) is 11.7 Å². The molecule has 0 radical (unpaired) electrons. The van der Waals surface area contributed by atoms with Gasteiger partial charge in [0.05, 0.1) is 0 Å². The molecule has 0 saturated carbocycles. The molecule has 0 aliphatic carbocycles. The van der Waals surface area contributed by atoms with E-state index in [4.69, 9.17) is 32.5 Å². The average molecular weight is 612 g/mol. The topological polar surface area (TPSA) is 152 Å². The summed E-state index contributed by atoms with van der Waals surface area (Å²) in [6.07, 6.45) is 2.95. The van der Waals surface area contributed by atoms with E-state index in [1.54, 1.807) is 13.8 Å². The molecule has 0 saturated heterocycles. The first kappa shape index (κ1) is 31.1. The number of pyridine rings is 2. The first-order valence-electron chi connectivity index (χ1n) is 13.0. The number of aromatic nitrogens is 2. The number of amides is 1. The normalized spacial score (nSPS) is 12.5. The van der Waals surface area contributed by atoms with Gasteiger partial charge in [0.15, 0.2) is 23.5 Å². The van der Waals surface area contributed by atoms with Crippen LogP contribution in [0.3, 0.4) is 0 Å². The SMILES string of the molecule is CC(C)[C@H](N)C(=O)OC(C)n1cc(C(=O)Nc2ccc(Oc3ccnc(N)c3Cl)c(F)c2)c(=O)c(-c2ccc(F)cc2)c1. The van der Waals surface area contributed by atoms with E-state index in [0.29, 0.717) is 5.56 Å². The van der Waals surface area contributed by atoms with E-state index < -0.39 is 41.2 Å². The molecule has 0 bridgehead atoms. The van der Waals surface area contributed by atoms with Gasteiger partial charge in [0.25, 0.3) is 5.91 Å². The Balaban J connectivity index is 1.65. The number of nitrogens with zero attached hydrogens (tertiary/aromatic N) is 2. The number of esters is 1. The van der Waals surface area contributed by atoms with E-state index >= 15 is 0 Å². The van der Waals surface area contributed by atoms with E-state index in [9.17, 15) is 23.2 Å². The van der Waals surface area contributed by atoms with Gasteiger partial charge < -0.3 is 30.8 Å². The van der Waals surface area contributed by atoms with Gasteiger partial charge in [-0.2, -0.15) is 0 Å². The molecule has 0 fully saturated rings. The van der Waals surface area contributed by atoms with Crippen molar-refractivity contribution in [1.82, 2.24) is 9.55 Å². The Kier molecular flexibility index (Phi) is 9.42. The Morgan fingerprint density at radius 1 is 1.02 bits per heavy atom. The van der Waals surface area contributed by atoms with Crippen molar-refractivity contribution >= 4 is 35.0 Å². The lowest BCUT2D eigenvalue weighted by molar-refractivity contribution is -0.155. The molecule has 2 aromatic carbocycles. The maximum atomic E-state index is 14.9. The van der Waals surface area contributed by atoms with Crippen LogP contribution in [0, 0.1) is 17.6 Å². The van der Waals surface area contributed by atoms with Crippen LogP contribution >= 0.6 is 11.6 Å². The summed E-state index contributed by atoms with van der Waals surface area (Å²) in [6.45, 7) is 5.05. The summed E-state index contributed by atoms with van der Waals surface area (Å²) >= 11 is 6.06. The number of ether oxygens (including phenoxy) is 2. The summed E-state index contributed by atoms with van der Waals surface area (Å²) in [4.78, 5) is 43.1. The van der Waals surface area contributed by atoms with Gasteiger partial charge in [-0.25, -0.2) is 13.8 Å². The Labute approximate surface area is 250 Å². The molecule has 0 aliphatic heterocycles. The van der Waals surface area contributed by atoms with Gasteiger partial charge in [0.2, 0.25) is 5.43 Å². The fourth-order valence-electron chi connectivity index (χ4n) is 3.88. The van der Waals surface area contributed by atoms with Crippen LogP contribution in [-0.2, 0) is 9.53 Å². The zero-order chi connectivity index (χ0) is 31.4. The number of rotatable bonds is 9. The van der Waals surface area contributed by atoms with Crippen molar-refractivity contribution in [3.05, 3.63) is 99.6 Å². The molecule has 2 aromatic heterocycles. The van der Waals surface area contributed by atoms with Crippen LogP contribution < -0.4 is 26.9 Å². The number of benzene rings is 2. The van der Waals surface area contributed by atoms with E-state index in [0.717, 1.165) is 18.2 Å². The molecule has 1 amide bonds. The summed E-state index contributed by atoms with van der Waals surface area (Å²) < 4.78 is 40.8. The predicted octanol–water partition coefficient (Wildman–Crippen LogP) is 5.51. The predicted molar refractivity (Wildman–Crippen MR) is 158 cm³/mol. The van der Waals surface area contributed by atoms with Crippen molar-refractivity contribution in [2.45, 2.75) is 33.0 Å². The Bertz CT molecular complexity index is 1730. The minimum atomic E-state index is -0.980. The summed E-state index contributed by atoms with van der Waals surface area (Å²) in [5.74, 6) is -3.24. The third kappa shape index (κ3) is 7.16. The number of anilines is 2. The number of carbonyl (C=O) groups is 2.